The van der Waals surface area contributed by atoms with Gasteiger partial charge in [0.1, 0.15) is 5.75 Å². The van der Waals surface area contributed by atoms with Gasteiger partial charge in [0, 0.05) is 26.1 Å². The first-order valence-electron chi connectivity index (χ1n) is 7.94. The molecule has 1 saturated heterocycles. The Morgan fingerprint density at radius 2 is 2.00 bits per heavy atom. The quantitative estimate of drug-likeness (QED) is 0.829. The molecule has 1 N–H and O–H groups in total. The lowest BCUT2D eigenvalue weighted by molar-refractivity contribution is -0.129. The summed E-state index contributed by atoms with van der Waals surface area (Å²) < 4.78 is 28.4. The lowest BCUT2D eigenvalue weighted by Crippen LogP contribution is -2.33. The van der Waals surface area contributed by atoms with E-state index in [0.717, 1.165) is 5.56 Å². The molecule has 24 heavy (non-hydrogen) atoms. The van der Waals surface area contributed by atoms with Crippen molar-refractivity contribution in [3.63, 3.8) is 0 Å². The third-order valence-electron chi connectivity index (χ3n) is 3.79. The highest BCUT2D eigenvalue weighted by molar-refractivity contribution is 5.89. The molecule has 0 bridgehead atoms. The number of ether oxygens (including phenoxy) is 1. The topological polar surface area (TPSA) is 58.6 Å². The molecular weight excluding hydrogens is 318 g/mol. The van der Waals surface area contributed by atoms with Gasteiger partial charge in [0.25, 0.3) is 0 Å². The van der Waals surface area contributed by atoms with Gasteiger partial charge in [-0.15, -0.1) is 0 Å². The van der Waals surface area contributed by atoms with Gasteiger partial charge in [0.15, 0.2) is 0 Å². The summed E-state index contributed by atoms with van der Waals surface area (Å²) in [4.78, 5) is 25.8. The Morgan fingerprint density at radius 1 is 1.33 bits per heavy atom. The van der Waals surface area contributed by atoms with E-state index in [9.17, 15) is 18.4 Å². The number of hydrogen-bond donors (Lipinski definition) is 1. The van der Waals surface area contributed by atoms with E-state index < -0.39 is 6.61 Å². The molecule has 0 aromatic heterocycles. The number of halogens is 2. The number of hydrogen-bond acceptors (Lipinski definition) is 3. The smallest absolute Gasteiger partial charge is 0.387 e. The van der Waals surface area contributed by atoms with E-state index in [1.165, 1.54) is 12.1 Å². The first-order valence-corrected chi connectivity index (χ1v) is 7.94. The Morgan fingerprint density at radius 3 is 2.58 bits per heavy atom. The van der Waals surface area contributed by atoms with Gasteiger partial charge in [0.05, 0.1) is 5.92 Å². The van der Waals surface area contributed by atoms with Gasteiger partial charge in [-0.2, -0.15) is 8.78 Å². The fraction of sp³-hybridized carbons (Fsp3) is 0.529. The lowest BCUT2D eigenvalue weighted by atomic mass is 10.1. The molecule has 1 aromatic rings. The third-order valence-corrected chi connectivity index (χ3v) is 3.79. The van der Waals surface area contributed by atoms with Gasteiger partial charge >= 0.3 is 6.61 Å². The van der Waals surface area contributed by atoms with Crippen molar-refractivity contribution >= 4 is 11.8 Å². The number of nitrogens with zero attached hydrogens (tertiary/aromatic N) is 1. The van der Waals surface area contributed by atoms with Crippen molar-refractivity contribution in [2.75, 3.05) is 13.1 Å². The summed E-state index contributed by atoms with van der Waals surface area (Å²) in [5.41, 5.74) is 0.772. The van der Waals surface area contributed by atoms with E-state index >= 15 is 0 Å². The summed E-state index contributed by atoms with van der Waals surface area (Å²) in [6.45, 7) is 2.59. The van der Waals surface area contributed by atoms with Crippen LogP contribution in [0.3, 0.4) is 0 Å². The molecule has 0 radical (unpaired) electrons. The summed E-state index contributed by atoms with van der Waals surface area (Å²) in [5.74, 6) is -0.0481. The van der Waals surface area contributed by atoms with Crippen LogP contribution in [0, 0.1) is 11.8 Å². The number of carbonyl (C=O) groups is 2. The average molecular weight is 340 g/mol. The fourth-order valence-corrected chi connectivity index (χ4v) is 2.69. The van der Waals surface area contributed by atoms with E-state index in [-0.39, 0.29) is 36.4 Å². The molecule has 0 saturated carbocycles. The Hall–Kier alpha value is -2.18. The Labute approximate surface area is 140 Å². The second kappa shape index (κ2) is 8.08. The third kappa shape index (κ3) is 5.18. The first kappa shape index (κ1) is 18.2. The largest absolute Gasteiger partial charge is 0.435 e. The maximum Gasteiger partial charge on any atom is 0.387 e. The van der Waals surface area contributed by atoms with Crippen LogP contribution in [0.4, 0.5) is 8.78 Å². The predicted octanol–water partition coefficient (Wildman–Crippen LogP) is 2.41. The monoisotopic (exact) mass is 340 g/mol. The molecule has 1 atom stereocenters. The molecule has 1 aliphatic heterocycles. The van der Waals surface area contributed by atoms with Crippen LogP contribution >= 0.6 is 0 Å². The number of amides is 2. The van der Waals surface area contributed by atoms with Crippen LogP contribution in [0.1, 0.15) is 25.8 Å². The standard InChI is InChI=1S/C17H22F2N2O3/c1-11(2)9-21-10-13(7-15(21)22)16(23)20-8-12-3-5-14(6-4-12)24-17(18)19/h3-6,11,13,17H,7-10H2,1-2H3,(H,20,23). The summed E-state index contributed by atoms with van der Waals surface area (Å²) in [6.07, 6.45) is 0.236. The van der Waals surface area contributed by atoms with Crippen molar-refractivity contribution in [1.29, 1.82) is 0 Å². The van der Waals surface area contributed by atoms with Crippen molar-refractivity contribution in [3.8, 4) is 5.75 Å². The Kier molecular flexibility index (Phi) is 6.11. The lowest BCUT2D eigenvalue weighted by Gasteiger charge is -2.18. The van der Waals surface area contributed by atoms with E-state index in [0.29, 0.717) is 19.0 Å². The van der Waals surface area contributed by atoms with E-state index in [4.69, 9.17) is 0 Å². The summed E-state index contributed by atoms with van der Waals surface area (Å²) in [6, 6.07) is 6.08. The number of benzene rings is 1. The number of likely N-dealkylation sites (tertiary alicyclic amines) is 1. The van der Waals surface area contributed by atoms with Crippen molar-refractivity contribution in [2.45, 2.75) is 33.4 Å². The highest BCUT2D eigenvalue weighted by Crippen LogP contribution is 2.20. The minimum atomic E-state index is -2.86. The first-order chi connectivity index (χ1) is 11.3. The number of nitrogens with one attached hydrogen (secondary N) is 1. The number of alkyl halides is 2. The molecule has 1 aromatic carbocycles. The van der Waals surface area contributed by atoms with Crippen LogP contribution in [0.25, 0.3) is 0 Å². The molecule has 7 heteroatoms. The van der Waals surface area contributed by atoms with E-state index in [2.05, 4.69) is 10.1 Å². The SMILES string of the molecule is CC(C)CN1CC(C(=O)NCc2ccc(OC(F)F)cc2)CC1=O. The molecule has 1 heterocycles. The van der Waals surface area contributed by atoms with Crippen LogP contribution < -0.4 is 10.1 Å². The predicted molar refractivity (Wildman–Crippen MR) is 84.4 cm³/mol. The minimum Gasteiger partial charge on any atom is -0.435 e. The van der Waals surface area contributed by atoms with Gasteiger partial charge in [-0.25, -0.2) is 0 Å². The van der Waals surface area contributed by atoms with E-state index in [1.807, 2.05) is 13.8 Å². The maximum absolute atomic E-state index is 12.2. The number of rotatable bonds is 7. The fourth-order valence-electron chi connectivity index (χ4n) is 2.69. The highest BCUT2D eigenvalue weighted by atomic mass is 19.3. The van der Waals surface area contributed by atoms with Crippen molar-refractivity contribution in [2.24, 2.45) is 11.8 Å². The summed E-state index contributed by atoms with van der Waals surface area (Å²) in [7, 11) is 0. The van der Waals surface area contributed by atoms with Gasteiger partial charge in [-0.05, 0) is 23.6 Å². The molecule has 5 nitrogen and oxygen atoms in total. The van der Waals surface area contributed by atoms with Crippen LogP contribution in [-0.4, -0.2) is 36.4 Å². The van der Waals surface area contributed by atoms with Gasteiger partial charge in [-0.3, -0.25) is 9.59 Å². The molecular formula is C17H22F2N2O3. The van der Waals surface area contributed by atoms with E-state index in [1.54, 1.807) is 17.0 Å². The average Bonchev–Trinajstić information content (AvgIpc) is 2.86. The zero-order chi connectivity index (χ0) is 17.7. The van der Waals surface area contributed by atoms with Crippen LogP contribution in [-0.2, 0) is 16.1 Å². The Balaban J connectivity index is 1.82. The second-order valence-corrected chi connectivity index (χ2v) is 6.33. The van der Waals surface area contributed by atoms with Crippen molar-refractivity contribution in [1.82, 2.24) is 10.2 Å². The van der Waals surface area contributed by atoms with Gasteiger partial charge in [-0.1, -0.05) is 26.0 Å². The van der Waals surface area contributed by atoms with Crippen LogP contribution in [0.5, 0.6) is 5.75 Å². The molecule has 0 spiro atoms. The molecule has 1 aliphatic rings. The van der Waals surface area contributed by atoms with Crippen LogP contribution in [0.2, 0.25) is 0 Å². The van der Waals surface area contributed by atoms with Gasteiger partial charge in [0.2, 0.25) is 11.8 Å². The minimum absolute atomic E-state index is 0.0114. The summed E-state index contributed by atoms with van der Waals surface area (Å²) in [5, 5.41) is 2.79. The zero-order valence-electron chi connectivity index (χ0n) is 13.8. The second-order valence-electron chi connectivity index (χ2n) is 6.33. The van der Waals surface area contributed by atoms with Crippen molar-refractivity contribution in [3.05, 3.63) is 29.8 Å². The zero-order valence-corrected chi connectivity index (χ0v) is 13.8. The van der Waals surface area contributed by atoms with Crippen molar-refractivity contribution < 1.29 is 23.1 Å². The molecule has 0 aliphatic carbocycles. The normalized spacial score (nSPS) is 17.7. The molecule has 2 rings (SSSR count). The van der Waals surface area contributed by atoms with Gasteiger partial charge < -0.3 is 15.0 Å². The molecule has 1 fully saturated rings. The molecule has 132 valence electrons. The summed E-state index contributed by atoms with van der Waals surface area (Å²) >= 11 is 0. The Bertz CT molecular complexity index is 576. The molecule has 2 amide bonds. The highest BCUT2D eigenvalue weighted by Gasteiger charge is 2.34. The van der Waals surface area contributed by atoms with Crippen LogP contribution in [0.15, 0.2) is 24.3 Å². The molecule has 1 unspecified atom stereocenters. The maximum atomic E-state index is 12.2. The number of carbonyl (C=O) groups excluding carboxylic acids is 2.